The van der Waals surface area contributed by atoms with Crippen molar-refractivity contribution in [1.29, 1.82) is 0 Å². The molecule has 2 saturated carbocycles. The Kier molecular flexibility index (Phi) is 7.80. The Hall–Kier alpha value is -3.10. The molecule has 8 heteroatoms. The lowest BCUT2D eigenvalue weighted by atomic mass is 9.56. The van der Waals surface area contributed by atoms with Crippen LogP contribution in [0.5, 0.6) is 0 Å². The molecule has 11 rings (SSSR count). The number of anilines is 2. The van der Waals surface area contributed by atoms with Crippen LogP contribution in [0.15, 0.2) is 121 Å². The van der Waals surface area contributed by atoms with Crippen LogP contribution in [0.3, 0.4) is 0 Å². The van der Waals surface area contributed by atoms with Gasteiger partial charge in [-0.15, -0.1) is 0 Å². The van der Waals surface area contributed by atoms with E-state index in [1.165, 1.54) is 33.6 Å². The van der Waals surface area contributed by atoms with Crippen molar-refractivity contribution in [2.75, 3.05) is 62.3 Å². The van der Waals surface area contributed by atoms with Crippen molar-refractivity contribution in [2.24, 2.45) is 11.8 Å². The molecule has 6 nitrogen and oxygen atoms in total. The molecule has 2 aromatic carbocycles. The van der Waals surface area contributed by atoms with Crippen LogP contribution < -0.4 is 34.6 Å². The van der Waals surface area contributed by atoms with E-state index in [4.69, 9.17) is 0 Å². The van der Waals surface area contributed by atoms with Crippen LogP contribution in [0.2, 0.25) is 0 Å². The molecule has 2 spiro atoms. The van der Waals surface area contributed by atoms with Crippen LogP contribution in [-0.2, 0) is 10.8 Å². The third-order valence-corrected chi connectivity index (χ3v) is 15.9. The lowest BCUT2D eigenvalue weighted by molar-refractivity contribution is -0.937. The van der Waals surface area contributed by atoms with Crippen molar-refractivity contribution >= 4 is 11.4 Å². The summed E-state index contributed by atoms with van der Waals surface area (Å²) in [5.74, 6) is 0.615. The number of aliphatic hydroxyl groups is 2. The molecule has 4 bridgehead atoms. The number of piperidine rings is 2. The lowest BCUT2D eigenvalue weighted by Gasteiger charge is -2.59. The first kappa shape index (κ1) is 34.7. The normalized spacial score (nSPS) is 43.7. The van der Waals surface area contributed by atoms with Gasteiger partial charge >= 0.3 is 0 Å². The van der Waals surface area contributed by atoms with Gasteiger partial charge in [-0.25, -0.2) is 0 Å². The predicted molar refractivity (Wildman–Crippen MR) is 198 cm³/mol. The minimum Gasteiger partial charge on any atom is -1.00 e. The maximum atomic E-state index is 10.5. The summed E-state index contributed by atoms with van der Waals surface area (Å²) in [5, 5.41) is 20.9. The van der Waals surface area contributed by atoms with E-state index in [-0.39, 0.29) is 60.9 Å². The fourth-order valence-electron chi connectivity index (χ4n) is 14.6. The molecule has 52 heavy (non-hydrogen) atoms. The highest BCUT2D eigenvalue weighted by Gasteiger charge is 2.75. The van der Waals surface area contributed by atoms with Crippen LogP contribution in [0.4, 0.5) is 11.4 Å². The van der Waals surface area contributed by atoms with E-state index in [2.05, 4.69) is 108 Å². The van der Waals surface area contributed by atoms with Crippen LogP contribution in [0.1, 0.15) is 36.8 Å². The second kappa shape index (κ2) is 11.7. The predicted octanol–water partition coefficient (Wildman–Crippen LogP) is -0.516. The Morgan fingerprint density at radius 1 is 0.673 bits per heavy atom. The number of quaternary nitrogens is 2. The largest absolute Gasteiger partial charge is 1.00 e. The standard InChI is InChI=1S/C44H50N4O2.2ClH/c1-3-17-47-19-15-43-35-9-5-7-11-37(35)45-26-34-32-24-40-44(16-20-48(40,18-4-2)28-30(32)14-22-50)36-10-6-8-12-38(36)46(42(34)44)25-33(41(43)45)31(23-39(43)47)29(27-47)13-21-49;;/h3-14,25-26,31-32,39-42,49-50H,1-2,15-24,27-28H2;2*1H/q+2;;/p-2/b29-13?,30-14?,33-25-,34-26-;;/t31-,32-,39-,40-,41-,42-,43+,44+,47-,48-;;/m0../s1. The highest BCUT2D eigenvalue weighted by atomic mass is 35.5. The average Bonchev–Trinajstić information content (AvgIpc) is 3.81. The van der Waals surface area contributed by atoms with Gasteiger partial charge in [0.15, 0.2) is 0 Å². The third-order valence-electron chi connectivity index (χ3n) is 15.9. The number of rotatable bonds is 6. The van der Waals surface area contributed by atoms with Crippen molar-refractivity contribution in [1.82, 2.24) is 0 Å². The highest BCUT2D eigenvalue weighted by Crippen LogP contribution is 2.69. The molecule has 7 heterocycles. The van der Waals surface area contributed by atoms with Gasteiger partial charge in [0.2, 0.25) is 0 Å². The molecular weight excluding hydrogens is 687 g/mol. The molecule has 2 N–H and O–H groups in total. The first-order valence-corrected chi connectivity index (χ1v) is 19.2. The Bertz CT molecular complexity index is 1860. The van der Waals surface area contributed by atoms with E-state index in [9.17, 15) is 10.2 Å². The number of nitrogens with zero attached hydrogens (tertiary/aromatic N) is 4. The molecule has 10 atom stereocenters. The molecule has 272 valence electrons. The van der Waals surface area contributed by atoms with Gasteiger partial charge in [0.05, 0.1) is 62.3 Å². The number of halogens is 2. The molecule has 0 radical (unpaired) electrons. The third kappa shape index (κ3) is 3.82. The average molecular weight is 738 g/mol. The van der Waals surface area contributed by atoms with Crippen molar-refractivity contribution in [2.45, 2.75) is 60.7 Å². The highest BCUT2D eigenvalue weighted by molar-refractivity contribution is 5.77. The molecule has 2 aromatic rings. The topological polar surface area (TPSA) is 46.9 Å². The molecule has 0 unspecified atom stereocenters. The number of fused-ring (bicyclic) bond motifs is 8. The van der Waals surface area contributed by atoms with E-state index in [0.29, 0.717) is 23.9 Å². The monoisotopic (exact) mass is 736 g/mol. The van der Waals surface area contributed by atoms with Crippen LogP contribution >= 0.6 is 0 Å². The fourth-order valence-corrected chi connectivity index (χ4v) is 14.6. The molecule has 0 amide bonds. The van der Waals surface area contributed by atoms with Crippen LogP contribution in [-0.4, -0.2) is 95.8 Å². The summed E-state index contributed by atoms with van der Waals surface area (Å²) in [4.78, 5) is 5.54. The zero-order chi connectivity index (χ0) is 33.6. The first-order chi connectivity index (χ1) is 24.5. The van der Waals surface area contributed by atoms with Crippen LogP contribution in [0, 0.1) is 11.8 Å². The van der Waals surface area contributed by atoms with E-state index < -0.39 is 0 Å². The van der Waals surface area contributed by atoms with E-state index in [1.54, 1.807) is 11.1 Å². The summed E-state index contributed by atoms with van der Waals surface area (Å²) in [7, 11) is 0. The zero-order valence-corrected chi connectivity index (χ0v) is 31.4. The molecule has 4 saturated heterocycles. The molecule has 0 aromatic heterocycles. The second-order valence-corrected chi connectivity index (χ2v) is 17.2. The van der Waals surface area contributed by atoms with Crippen LogP contribution in [0.25, 0.3) is 0 Å². The Morgan fingerprint density at radius 2 is 1.10 bits per heavy atom. The first-order valence-electron chi connectivity index (χ1n) is 19.2. The molecular formula is C44H50Cl2N4O2. The van der Waals surface area contributed by atoms with Gasteiger partial charge in [-0.2, -0.15) is 0 Å². The van der Waals surface area contributed by atoms with Crippen molar-refractivity contribution in [3.05, 3.63) is 132 Å². The number of aliphatic hydroxyl groups excluding tert-OH is 2. The number of benzene rings is 2. The Morgan fingerprint density at radius 3 is 1.50 bits per heavy atom. The molecule has 9 aliphatic rings. The number of para-hydroxylation sites is 2. The van der Waals surface area contributed by atoms with E-state index in [0.717, 1.165) is 73.9 Å². The summed E-state index contributed by atoms with van der Waals surface area (Å²) >= 11 is 0. The maximum absolute atomic E-state index is 10.5. The van der Waals surface area contributed by atoms with Gasteiger partial charge in [0.1, 0.15) is 25.2 Å². The second-order valence-electron chi connectivity index (χ2n) is 17.2. The summed E-state index contributed by atoms with van der Waals surface area (Å²) in [6.45, 7) is 15.0. The quantitative estimate of drug-likeness (QED) is 0.310. The summed E-state index contributed by atoms with van der Waals surface area (Å²) in [5.41, 5.74) is 11.8. The van der Waals surface area contributed by atoms with Gasteiger partial charge < -0.3 is 53.8 Å². The van der Waals surface area contributed by atoms with E-state index in [1.807, 2.05) is 0 Å². The zero-order valence-electron chi connectivity index (χ0n) is 29.9. The Labute approximate surface area is 320 Å². The van der Waals surface area contributed by atoms with Gasteiger partial charge in [-0.3, -0.25) is 0 Å². The summed E-state index contributed by atoms with van der Waals surface area (Å²) < 4.78 is 2.12. The minimum atomic E-state index is 0. The SMILES string of the molecule is C=CC[N@@+]12CC[C@]34c5ccccc5N5/C=C6\[C@@H]7N(/C=C(\[C@H]53)[C@@H](C[C@@H]41)C(=CCO)C2)c1ccccc1[C@@]71CC[N@@+]2(CC=C)CC(=CCO)[C@@H]6C[C@@H]12.[Cl-].[Cl-]. The summed E-state index contributed by atoms with van der Waals surface area (Å²) in [6, 6.07) is 20.3. The van der Waals surface area contributed by atoms with Crippen molar-refractivity contribution in [3.63, 3.8) is 0 Å². The lowest BCUT2D eigenvalue weighted by Crippen LogP contribution is -3.00. The summed E-state index contributed by atoms with van der Waals surface area (Å²) in [6.07, 6.45) is 18.6. The Balaban J connectivity index is 0.00000180. The fraction of sp³-hybridized carbons (Fsp3) is 0.455. The smallest absolute Gasteiger partial charge is 0.103 e. The van der Waals surface area contributed by atoms with E-state index >= 15 is 0 Å². The molecule has 7 aliphatic heterocycles. The number of hydrogen-bond donors (Lipinski definition) is 2. The minimum absolute atomic E-state index is 0. The van der Waals surface area contributed by atoms with Gasteiger partial charge in [0, 0.05) is 61.3 Å². The van der Waals surface area contributed by atoms with Gasteiger partial charge in [0.25, 0.3) is 0 Å². The van der Waals surface area contributed by atoms with Gasteiger partial charge in [-0.05, 0) is 57.7 Å². The maximum Gasteiger partial charge on any atom is 0.103 e. The number of hydrogen-bond acceptors (Lipinski definition) is 4. The molecule has 2 aliphatic carbocycles. The van der Waals surface area contributed by atoms with Gasteiger partial charge in [-0.1, -0.05) is 61.7 Å². The molecule has 6 fully saturated rings. The van der Waals surface area contributed by atoms with Crippen molar-refractivity contribution < 1.29 is 44.0 Å². The van der Waals surface area contributed by atoms with Crippen molar-refractivity contribution in [3.8, 4) is 0 Å².